The molecule has 0 aliphatic rings. The van der Waals surface area contributed by atoms with E-state index in [-0.39, 0.29) is 0 Å². The minimum absolute atomic E-state index is 0.317. The van der Waals surface area contributed by atoms with E-state index in [0.29, 0.717) is 22.3 Å². The molecule has 0 saturated carbocycles. The van der Waals surface area contributed by atoms with Gasteiger partial charge in [-0.25, -0.2) is 4.79 Å². The number of esters is 1. The van der Waals surface area contributed by atoms with Gasteiger partial charge >= 0.3 is 5.97 Å². The third-order valence-electron chi connectivity index (χ3n) is 2.57. The van der Waals surface area contributed by atoms with Crippen LogP contribution >= 0.6 is 23.2 Å². The number of halogens is 2. The number of hydrogen-bond acceptors (Lipinski definition) is 2. The van der Waals surface area contributed by atoms with Crippen LogP contribution in [0.5, 0.6) is 0 Å². The Hall–Kier alpha value is -1.19. The molecule has 0 fully saturated rings. The Morgan fingerprint density at radius 1 is 1.41 bits per heavy atom. The van der Waals surface area contributed by atoms with Crippen molar-refractivity contribution in [2.24, 2.45) is 7.05 Å². The van der Waals surface area contributed by atoms with Crippen LogP contribution in [0.15, 0.2) is 18.2 Å². The van der Waals surface area contributed by atoms with Crippen LogP contribution in [0.3, 0.4) is 0 Å². The van der Waals surface area contributed by atoms with E-state index in [0.717, 1.165) is 10.9 Å². The quantitative estimate of drug-likeness (QED) is 0.781. The van der Waals surface area contributed by atoms with Gasteiger partial charge in [-0.15, -0.1) is 0 Å². The molecule has 0 N–H and O–H groups in total. The van der Waals surface area contributed by atoms with Crippen molar-refractivity contribution in [3.63, 3.8) is 0 Å². The monoisotopic (exact) mass is 271 g/mol. The zero-order valence-corrected chi connectivity index (χ0v) is 11.0. The van der Waals surface area contributed by atoms with Crippen molar-refractivity contribution in [1.82, 2.24) is 4.57 Å². The standard InChI is InChI=1S/C12H11Cl2NO2/c1-3-17-12(16)11-10(14)8-5-4-7(13)6-9(8)15(11)2/h4-6H,3H2,1-2H3. The molecule has 0 radical (unpaired) electrons. The molecule has 17 heavy (non-hydrogen) atoms. The van der Waals surface area contributed by atoms with Crippen LogP contribution in [0, 0.1) is 0 Å². The normalized spacial score (nSPS) is 10.8. The lowest BCUT2D eigenvalue weighted by Crippen LogP contribution is -2.10. The molecule has 1 heterocycles. The molecule has 0 amide bonds. The fourth-order valence-corrected chi connectivity index (χ4v) is 2.32. The van der Waals surface area contributed by atoms with Gasteiger partial charge < -0.3 is 9.30 Å². The summed E-state index contributed by atoms with van der Waals surface area (Å²) < 4.78 is 6.67. The zero-order chi connectivity index (χ0) is 12.6. The molecule has 5 heteroatoms. The molecule has 0 spiro atoms. The number of aromatic nitrogens is 1. The van der Waals surface area contributed by atoms with E-state index in [1.54, 1.807) is 36.7 Å². The van der Waals surface area contributed by atoms with Crippen LogP contribution in [-0.4, -0.2) is 17.1 Å². The number of carbonyl (C=O) groups excluding carboxylic acids is 1. The maximum absolute atomic E-state index is 11.8. The van der Waals surface area contributed by atoms with Crippen molar-refractivity contribution >= 4 is 40.1 Å². The first-order valence-corrected chi connectivity index (χ1v) is 5.92. The summed E-state index contributed by atoms with van der Waals surface area (Å²) in [5.74, 6) is -0.424. The first-order chi connectivity index (χ1) is 8.06. The summed E-state index contributed by atoms with van der Waals surface area (Å²) in [7, 11) is 1.76. The van der Waals surface area contributed by atoms with Gasteiger partial charge in [0.25, 0.3) is 0 Å². The maximum atomic E-state index is 11.8. The minimum Gasteiger partial charge on any atom is -0.461 e. The average molecular weight is 272 g/mol. The van der Waals surface area contributed by atoms with Crippen molar-refractivity contribution in [2.75, 3.05) is 6.61 Å². The third kappa shape index (κ3) is 2.01. The van der Waals surface area contributed by atoms with Gasteiger partial charge in [0.15, 0.2) is 0 Å². The Morgan fingerprint density at radius 2 is 2.12 bits per heavy atom. The maximum Gasteiger partial charge on any atom is 0.356 e. The van der Waals surface area contributed by atoms with Crippen LogP contribution in [0.1, 0.15) is 17.4 Å². The lowest BCUT2D eigenvalue weighted by atomic mass is 10.2. The molecule has 3 nitrogen and oxygen atoms in total. The van der Waals surface area contributed by atoms with Crippen LogP contribution in [0.4, 0.5) is 0 Å². The fourth-order valence-electron chi connectivity index (χ4n) is 1.79. The fraction of sp³-hybridized carbons (Fsp3) is 0.250. The van der Waals surface area contributed by atoms with E-state index in [9.17, 15) is 4.79 Å². The number of carbonyl (C=O) groups is 1. The van der Waals surface area contributed by atoms with E-state index in [1.165, 1.54) is 0 Å². The third-order valence-corrected chi connectivity index (χ3v) is 3.19. The summed E-state index contributed by atoms with van der Waals surface area (Å²) in [5.41, 5.74) is 1.16. The Labute approximate surface area is 109 Å². The van der Waals surface area contributed by atoms with Crippen molar-refractivity contribution in [3.8, 4) is 0 Å². The molecule has 2 aromatic rings. The number of aryl methyl sites for hydroxylation is 1. The SMILES string of the molecule is CCOC(=O)c1c(Cl)c2ccc(Cl)cc2n1C. The van der Waals surface area contributed by atoms with Gasteiger partial charge in [0, 0.05) is 17.5 Å². The molecule has 90 valence electrons. The molecule has 0 saturated heterocycles. The molecule has 1 aromatic carbocycles. The number of benzene rings is 1. The molecule has 0 unspecified atom stereocenters. The Balaban J connectivity index is 2.68. The lowest BCUT2D eigenvalue weighted by Gasteiger charge is -2.03. The molecule has 0 bridgehead atoms. The summed E-state index contributed by atoms with van der Waals surface area (Å²) in [6.07, 6.45) is 0. The van der Waals surface area contributed by atoms with Crippen molar-refractivity contribution in [2.45, 2.75) is 6.92 Å². The number of hydrogen-bond donors (Lipinski definition) is 0. The summed E-state index contributed by atoms with van der Waals surface area (Å²) >= 11 is 12.1. The van der Waals surface area contributed by atoms with Crippen LogP contribution in [0.25, 0.3) is 10.9 Å². The van der Waals surface area contributed by atoms with Gasteiger partial charge in [-0.3, -0.25) is 0 Å². The van der Waals surface area contributed by atoms with Gasteiger partial charge in [0.1, 0.15) is 5.69 Å². The number of fused-ring (bicyclic) bond motifs is 1. The predicted octanol–water partition coefficient (Wildman–Crippen LogP) is 3.66. The van der Waals surface area contributed by atoms with Crippen LogP contribution < -0.4 is 0 Å². The van der Waals surface area contributed by atoms with E-state index in [2.05, 4.69) is 0 Å². The Kier molecular flexibility index (Phi) is 3.31. The Morgan fingerprint density at radius 3 is 2.76 bits per heavy atom. The second-order valence-corrected chi connectivity index (χ2v) is 4.42. The van der Waals surface area contributed by atoms with Crippen molar-refractivity contribution in [3.05, 3.63) is 33.9 Å². The van der Waals surface area contributed by atoms with E-state index in [1.807, 2.05) is 0 Å². The summed E-state index contributed by atoms with van der Waals surface area (Å²) in [6.45, 7) is 2.07. The van der Waals surface area contributed by atoms with Crippen LogP contribution in [-0.2, 0) is 11.8 Å². The van der Waals surface area contributed by atoms with Gasteiger partial charge in [-0.1, -0.05) is 23.2 Å². The van der Waals surface area contributed by atoms with Gasteiger partial charge in [-0.05, 0) is 25.1 Å². The van der Waals surface area contributed by atoms with Crippen LogP contribution in [0.2, 0.25) is 10.0 Å². The molecule has 0 aliphatic carbocycles. The van der Waals surface area contributed by atoms with Crippen molar-refractivity contribution in [1.29, 1.82) is 0 Å². The highest BCUT2D eigenvalue weighted by molar-refractivity contribution is 6.39. The molecule has 1 aromatic heterocycles. The predicted molar refractivity (Wildman–Crippen MR) is 68.9 cm³/mol. The largest absolute Gasteiger partial charge is 0.461 e. The second kappa shape index (κ2) is 4.59. The molecule has 0 atom stereocenters. The number of rotatable bonds is 2. The first kappa shape index (κ1) is 12.3. The van der Waals surface area contributed by atoms with E-state index < -0.39 is 5.97 Å². The zero-order valence-electron chi connectivity index (χ0n) is 9.46. The highest BCUT2D eigenvalue weighted by atomic mass is 35.5. The molecule has 0 aliphatic heterocycles. The highest BCUT2D eigenvalue weighted by Crippen LogP contribution is 2.32. The molecular formula is C12H11Cl2NO2. The first-order valence-electron chi connectivity index (χ1n) is 5.16. The smallest absolute Gasteiger partial charge is 0.356 e. The topological polar surface area (TPSA) is 31.2 Å². The Bertz CT molecular complexity index is 590. The minimum atomic E-state index is -0.424. The van der Waals surface area contributed by atoms with E-state index in [4.69, 9.17) is 27.9 Å². The van der Waals surface area contributed by atoms with E-state index >= 15 is 0 Å². The van der Waals surface area contributed by atoms with Gasteiger partial charge in [-0.2, -0.15) is 0 Å². The lowest BCUT2D eigenvalue weighted by molar-refractivity contribution is 0.0516. The molecular weight excluding hydrogens is 261 g/mol. The molecule has 2 rings (SSSR count). The summed E-state index contributed by atoms with van der Waals surface area (Å²) in [4.78, 5) is 11.8. The van der Waals surface area contributed by atoms with Crippen molar-refractivity contribution < 1.29 is 9.53 Å². The van der Waals surface area contributed by atoms with Gasteiger partial charge in [0.05, 0.1) is 17.1 Å². The number of ether oxygens (including phenoxy) is 1. The summed E-state index contributed by atoms with van der Waals surface area (Å²) in [6, 6.07) is 5.30. The van der Waals surface area contributed by atoms with Gasteiger partial charge in [0.2, 0.25) is 0 Å². The highest BCUT2D eigenvalue weighted by Gasteiger charge is 2.20. The summed E-state index contributed by atoms with van der Waals surface area (Å²) in [5, 5.41) is 1.80. The second-order valence-electron chi connectivity index (χ2n) is 3.60. The number of nitrogens with zero attached hydrogens (tertiary/aromatic N) is 1. The average Bonchev–Trinajstić information content (AvgIpc) is 2.52.